The van der Waals surface area contributed by atoms with Gasteiger partial charge in [-0.2, -0.15) is 4.98 Å². The van der Waals surface area contributed by atoms with Crippen LogP contribution in [0.3, 0.4) is 0 Å². The second-order valence-corrected chi connectivity index (χ2v) is 9.58. The summed E-state index contributed by atoms with van der Waals surface area (Å²) in [5.41, 5.74) is 2.51. The van der Waals surface area contributed by atoms with Crippen molar-refractivity contribution in [1.29, 1.82) is 0 Å². The molecule has 3 heterocycles. The van der Waals surface area contributed by atoms with Crippen molar-refractivity contribution in [1.82, 2.24) is 20.4 Å². The summed E-state index contributed by atoms with van der Waals surface area (Å²) in [6.45, 7) is 5.90. The van der Waals surface area contributed by atoms with Gasteiger partial charge in [0.05, 0.1) is 4.88 Å². The quantitative estimate of drug-likeness (QED) is 0.354. The molecule has 0 radical (unpaired) electrons. The minimum absolute atomic E-state index is 0.101. The van der Waals surface area contributed by atoms with Gasteiger partial charge in [0, 0.05) is 25.2 Å². The topological polar surface area (TPSA) is 146 Å². The van der Waals surface area contributed by atoms with E-state index < -0.39 is 11.9 Å². The molecule has 1 saturated heterocycles. The van der Waals surface area contributed by atoms with Crippen LogP contribution in [0.25, 0.3) is 10.8 Å². The van der Waals surface area contributed by atoms with Gasteiger partial charge in [0.25, 0.3) is 17.6 Å². The highest BCUT2D eigenvalue weighted by Crippen LogP contribution is 2.25. The number of amides is 1. The summed E-state index contributed by atoms with van der Waals surface area (Å²) in [6, 6.07) is 12.6. The third kappa shape index (κ3) is 9.62. The van der Waals surface area contributed by atoms with E-state index in [1.54, 1.807) is 0 Å². The zero-order chi connectivity index (χ0) is 26.6. The lowest BCUT2D eigenvalue weighted by Gasteiger charge is -2.32. The number of thiophene rings is 1. The Balaban J connectivity index is 0.000000414. The number of aryl methyl sites for hydroxylation is 1. The molecule has 196 valence electrons. The maximum Gasteiger partial charge on any atom is 0.328 e. The Bertz CT molecular complexity index is 1180. The van der Waals surface area contributed by atoms with E-state index in [0.29, 0.717) is 30.5 Å². The smallest absolute Gasteiger partial charge is 0.328 e. The van der Waals surface area contributed by atoms with E-state index in [0.717, 1.165) is 36.5 Å². The van der Waals surface area contributed by atoms with Crippen LogP contribution in [0.1, 0.15) is 41.0 Å². The van der Waals surface area contributed by atoms with E-state index in [4.69, 9.17) is 14.7 Å². The van der Waals surface area contributed by atoms with Gasteiger partial charge in [-0.3, -0.25) is 9.69 Å². The van der Waals surface area contributed by atoms with Gasteiger partial charge < -0.3 is 20.1 Å². The highest BCUT2D eigenvalue weighted by Gasteiger charge is 2.20. The number of aliphatic carboxylic acids is 2. The summed E-state index contributed by atoms with van der Waals surface area (Å²) in [6.07, 6.45) is 4.45. The molecule has 3 N–H and O–H groups in total. The van der Waals surface area contributed by atoms with Crippen molar-refractivity contribution in [3.63, 3.8) is 0 Å². The number of carbonyl (C=O) groups is 3. The zero-order valence-electron chi connectivity index (χ0n) is 20.5. The molecule has 3 aromatic rings. The van der Waals surface area contributed by atoms with Crippen LogP contribution in [0.15, 0.2) is 58.5 Å². The Kier molecular flexibility index (Phi) is 10.5. The molecule has 0 spiro atoms. The number of aromatic nitrogens is 2. The Morgan fingerprint density at radius 1 is 1.14 bits per heavy atom. The summed E-state index contributed by atoms with van der Waals surface area (Å²) in [4.78, 5) is 39.0. The van der Waals surface area contributed by atoms with Crippen molar-refractivity contribution in [2.75, 3.05) is 19.6 Å². The molecule has 4 rings (SSSR count). The van der Waals surface area contributed by atoms with E-state index in [2.05, 4.69) is 50.7 Å². The third-order valence-corrected chi connectivity index (χ3v) is 6.77. The second kappa shape index (κ2) is 14.0. The molecule has 0 bridgehead atoms. The Morgan fingerprint density at radius 2 is 1.81 bits per heavy atom. The first-order valence-electron chi connectivity index (χ1n) is 11.9. The number of carboxylic acid groups (broad SMARTS) is 2. The SMILES string of the molecule is Cc1csc(-c2nc(C(=O)NCCC3CCN(Cc4ccccc4)CC3)no2)c1.O=C(O)C=CC(=O)O. The molecule has 1 amide bonds. The van der Waals surface area contributed by atoms with E-state index in [-0.39, 0.29) is 11.7 Å². The Labute approximate surface area is 218 Å². The number of hydrogen-bond donors (Lipinski definition) is 3. The minimum atomic E-state index is -1.26. The van der Waals surface area contributed by atoms with E-state index in [9.17, 15) is 14.4 Å². The van der Waals surface area contributed by atoms with Crippen LogP contribution in [0.2, 0.25) is 0 Å². The first kappa shape index (κ1) is 27.8. The van der Waals surface area contributed by atoms with Gasteiger partial charge in [0.1, 0.15) is 0 Å². The van der Waals surface area contributed by atoms with Gasteiger partial charge in [-0.25, -0.2) is 9.59 Å². The van der Waals surface area contributed by atoms with Crippen LogP contribution < -0.4 is 5.32 Å². The number of nitrogens with one attached hydrogen (secondary N) is 1. The molecule has 1 aliphatic rings. The van der Waals surface area contributed by atoms with Gasteiger partial charge in [-0.05, 0) is 67.8 Å². The van der Waals surface area contributed by atoms with Crippen molar-refractivity contribution >= 4 is 29.2 Å². The number of carbonyl (C=O) groups excluding carboxylic acids is 1. The van der Waals surface area contributed by atoms with E-state index in [1.165, 1.54) is 29.7 Å². The fourth-order valence-electron chi connectivity index (χ4n) is 3.85. The fourth-order valence-corrected chi connectivity index (χ4v) is 4.66. The number of piperidine rings is 1. The largest absolute Gasteiger partial charge is 0.478 e. The summed E-state index contributed by atoms with van der Waals surface area (Å²) >= 11 is 1.53. The van der Waals surface area contributed by atoms with Crippen LogP contribution >= 0.6 is 11.3 Å². The highest BCUT2D eigenvalue weighted by atomic mass is 32.1. The number of likely N-dealkylation sites (tertiary alicyclic amines) is 1. The molecule has 37 heavy (non-hydrogen) atoms. The maximum atomic E-state index is 12.3. The molecular formula is C26H30N4O6S. The van der Waals surface area contributed by atoms with Crippen LogP contribution in [0.5, 0.6) is 0 Å². The number of rotatable bonds is 9. The summed E-state index contributed by atoms with van der Waals surface area (Å²) in [5, 5.41) is 24.4. The highest BCUT2D eigenvalue weighted by molar-refractivity contribution is 7.13. The number of benzene rings is 1. The van der Waals surface area contributed by atoms with Crippen molar-refractivity contribution < 1.29 is 29.1 Å². The van der Waals surface area contributed by atoms with Crippen LogP contribution in [0, 0.1) is 12.8 Å². The van der Waals surface area contributed by atoms with Crippen molar-refractivity contribution in [3.8, 4) is 10.8 Å². The maximum absolute atomic E-state index is 12.3. The normalized spacial score (nSPS) is 14.2. The summed E-state index contributed by atoms with van der Waals surface area (Å²) in [5.74, 6) is -1.63. The summed E-state index contributed by atoms with van der Waals surface area (Å²) in [7, 11) is 0. The van der Waals surface area contributed by atoms with E-state index in [1.807, 2.05) is 18.4 Å². The lowest BCUT2D eigenvalue weighted by atomic mass is 9.93. The first-order chi connectivity index (χ1) is 17.8. The Morgan fingerprint density at radius 3 is 2.41 bits per heavy atom. The zero-order valence-corrected chi connectivity index (χ0v) is 21.3. The molecule has 0 saturated carbocycles. The molecule has 0 atom stereocenters. The summed E-state index contributed by atoms with van der Waals surface area (Å²) < 4.78 is 5.23. The standard InChI is InChI=1S/C22H26N4O2S.C4H4O4/c1-16-13-19(29-15-16)22-24-20(25-28-22)21(27)23-10-7-17-8-11-26(12-9-17)14-18-5-3-2-4-6-18;5-3(6)1-2-4(7)8/h2-6,13,15,17H,7-12,14H2,1H3,(H,23,27);1-2H,(H,5,6)(H,7,8). The van der Waals surface area contributed by atoms with E-state index >= 15 is 0 Å². The average Bonchev–Trinajstić information content (AvgIpc) is 3.54. The molecular weight excluding hydrogens is 496 g/mol. The van der Waals surface area contributed by atoms with Crippen molar-refractivity contribution in [3.05, 3.63) is 70.9 Å². The lowest BCUT2D eigenvalue weighted by Crippen LogP contribution is -2.35. The molecule has 11 heteroatoms. The predicted octanol–water partition coefficient (Wildman–Crippen LogP) is 3.85. The second-order valence-electron chi connectivity index (χ2n) is 8.67. The van der Waals surface area contributed by atoms with Gasteiger partial charge in [0.2, 0.25) is 0 Å². The molecule has 0 unspecified atom stereocenters. The van der Waals surface area contributed by atoms with Crippen LogP contribution in [-0.4, -0.2) is 62.7 Å². The number of hydrogen-bond acceptors (Lipinski definition) is 8. The van der Waals surface area contributed by atoms with Gasteiger partial charge in [0.15, 0.2) is 0 Å². The van der Waals surface area contributed by atoms with Crippen molar-refractivity contribution in [2.45, 2.75) is 32.7 Å². The van der Waals surface area contributed by atoms with Crippen molar-refractivity contribution in [2.24, 2.45) is 5.92 Å². The molecule has 0 aliphatic carbocycles. The van der Waals surface area contributed by atoms with Crippen LogP contribution in [0.4, 0.5) is 0 Å². The average molecular weight is 527 g/mol. The minimum Gasteiger partial charge on any atom is -0.478 e. The van der Waals surface area contributed by atoms with Gasteiger partial charge in [-0.15, -0.1) is 11.3 Å². The lowest BCUT2D eigenvalue weighted by molar-refractivity contribution is -0.134. The number of carboxylic acids is 2. The predicted molar refractivity (Wildman–Crippen MR) is 138 cm³/mol. The Hall–Kier alpha value is -3.83. The molecule has 2 aromatic heterocycles. The fraction of sp³-hybridized carbons (Fsp3) is 0.346. The van der Waals surface area contributed by atoms with Crippen LogP contribution in [-0.2, 0) is 16.1 Å². The first-order valence-corrected chi connectivity index (χ1v) is 12.8. The molecule has 1 aliphatic heterocycles. The third-order valence-electron chi connectivity index (χ3n) is 5.73. The molecule has 1 aromatic carbocycles. The molecule has 1 fully saturated rings. The van der Waals surface area contributed by atoms with Gasteiger partial charge in [-0.1, -0.05) is 35.5 Å². The molecule has 10 nitrogen and oxygen atoms in total. The van der Waals surface area contributed by atoms with Gasteiger partial charge >= 0.3 is 11.9 Å². The monoisotopic (exact) mass is 526 g/mol. The number of nitrogens with zero attached hydrogens (tertiary/aromatic N) is 3.